The monoisotopic (exact) mass is 424 g/mol. The molecule has 0 fully saturated rings. The van der Waals surface area contributed by atoms with E-state index in [9.17, 15) is 14.4 Å². The minimum Gasteiger partial charge on any atom is -0.480 e. The van der Waals surface area contributed by atoms with E-state index >= 15 is 0 Å². The number of amides is 2. The van der Waals surface area contributed by atoms with E-state index in [0.717, 1.165) is 22.3 Å². The molecule has 2 aromatic carbocycles. The van der Waals surface area contributed by atoms with Crippen molar-refractivity contribution >= 4 is 18.0 Å². The zero-order chi connectivity index (χ0) is 22.5. The SMILES string of the molecule is CC(C)C(CNC(=O)OCC1c2ccccc2-c2ccccc21)C(=O)N[C@@H](C)C(=O)O. The largest absolute Gasteiger partial charge is 0.480 e. The number of aliphatic carboxylic acids is 1. The van der Waals surface area contributed by atoms with Crippen molar-refractivity contribution in [1.29, 1.82) is 0 Å². The summed E-state index contributed by atoms with van der Waals surface area (Å²) >= 11 is 0. The van der Waals surface area contributed by atoms with Crippen LogP contribution in [-0.4, -0.2) is 42.3 Å². The van der Waals surface area contributed by atoms with Crippen molar-refractivity contribution in [3.63, 3.8) is 0 Å². The van der Waals surface area contributed by atoms with E-state index in [0.29, 0.717) is 0 Å². The molecule has 0 aromatic heterocycles. The van der Waals surface area contributed by atoms with Crippen LogP contribution in [0.5, 0.6) is 0 Å². The van der Waals surface area contributed by atoms with E-state index in [1.807, 2.05) is 50.2 Å². The second-order valence-electron chi connectivity index (χ2n) is 8.13. The number of benzene rings is 2. The van der Waals surface area contributed by atoms with Gasteiger partial charge in [0, 0.05) is 12.5 Å². The maximum Gasteiger partial charge on any atom is 0.407 e. The fraction of sp³-hybridized carbons (Fsp3) is 0.375. The quantitative estimate of drug-likeness (QED) is 0.603. The number of ether oxygens (including phenoxy) is 1. The number of fused-ring (bicyclic) bond motifs is 3. The van der Waals surface area contributed by atoms with E-state index < -0.39 is 29.9 Å². The van der Waals surface area contributed by atoms with Crippen LogP contribution in [0.4, 0.5) is 4.79 Å². The first-order valence-electron chi connectivity index (χ1n) is 10.4. The average Bonchev–Trinajstić information content (AvgIpc) is 3.06. The van der Waals surface area contributed by atoms with Gasteiger partial charge in [0.15, 0.2) is 0 Å². The molecule has 0 spiro atoms. The number of carbonyl (C=O) groups is 3. The zero-order valence-electron chi connectivity index (χ0n) is 17.9. The molecule has 3 rings (SSSR count). The molecule has 2 aromatic rings. The molecule has 1 aliphatic carbocycles. The molecule has 3 N–H and O–H groups in total. The Morgan fingerprint density at radius 1 is 0.968 bits per heavy atom. The molecule has 0 radical (unpaired) electrons. The van der Waals surface area contributed by atoms with E-state index in [2.05, 4.69) is 22.8 Å². The van der Waals surface area contributed by atoms with Crippen LogP contribution in [0.15, 0.2) is 48.5 Å². The molecule has 0 aliphatic heterocycles. The number of hydrogen-bond acceptors (Lipinski definition) is 4. The number of carboxylic acid groups (broad SMARTS) is 1. The molecule has 0 saturated carbocycles. The second-order valence-corrected chi connectivity index (χ2v) is 8.13. The number of hydrogen-bond donors (Lipinski definition) is 3. The molecule has 31 heavy (non-hydrogen) atoms. The van der Waals surface area contributed by atoms with Crippen molar-refractivity contribution in [1.82, 2.24) is 10.6 Å². The first kappa shape index (κ1) is 22.3. The van der Waals surface area contributed by atoms with Crippen LogP contribution in [0.1, 0.15) is 37.8 Å². The van der Waals surface area contributed by atoms with Gasteiger partial charge in [-0.2, -0.15) is 0 Å². The summed E-state index contributed by atoms with van der Waals surface area (Å²) in [6.45, 7) is 5.34. The first-order chi connectivity index (χ1) is 14.8. The van der Waals surface area contributed by atoms with E-state index in [1.54, 1.807) is 0 Å². The van der Waals surface area contributed by atoms with Crippen LogP contribution in [0.25, 0.3) is 11.1 Å². The van der Waals surface area contributed by atoms with Crippen LogP contribution in [0.2, 0.25) is 0 Å². The summed E-state index contributed by atoms with van der Waals surface area (Å²) in [7, 11) is 0. The van der Waals surface area contributed by atoms with Crippen LogP contribution in [-0.2, 0) is 14.3 Å². The molecule has 1 unspecified atom stereocenters. The summed E-state index contributed by atoms with van der Waals surface area (Å²) in [6.07, 6.45) is -0.605. The topological polar surface area (TPSA) is 105 Å². The molecule has 7 nitrogen and oxygen atoms in total. The zero-order valence-corrected chi connectivity index (χ0v) is 17.9. The van der Waals surface area contributed by atoms with Gasteiger partial charge in [-0.1, -0.05) is 62.4 Å². The maximum atomic E-state index is 12.4. The lowest BCUT2D eigenvalue weighted by Crippen LogP contribution is -2.46. The Morgan fingerprint density at radius 3 is 2.03 bits per heavy atom. The summed E-state index contributed by atoms with van der Waals surface area (Å²) < 4.78 is 5.49. The van der Waals surface area contributed by atoms with E-state index in [-0.39, 0.29) is 25.0 Å². The molecule has 7 heteroatoms. The smallest absolute Gasteiger partial charge is 0.407 e. The summed E-state index contributed by atoms with van der Waals surface area (Å²) in [5.74, 6) is -2.22. The van der Waals surface area contributed by atoms with Gasteiger partial charge in [-0.05, 0) is 35.1 Å². The predicted molar refractivity (Wildman–Crippen MR) is 117 cm³/mol. The van der Waals surface area contributed by atoms with Gasteiger partial charge >= 0.3 is 12.1 Å². The lowest BCUT2D eigenvalue weighted by Gasteiger charge is -2.22. The lowest BCUT2D eigenvalue weighted by atomic mass is 9.94. The highest BCUT2D eigenvalue weighted by molar-refractivity contribution is 5.85. The van der Waals surface area contributed by atoms with Gasteiger partial charge in [0.05, 0.1) is 5.92 Å². The van der Waals surface area contributed by atoms with Gasteiger partial charge in [-0.15, -0.1) is 0 Å². The standard InChI is InChI=1S/C24H28N2O5/c1-14(2)20(22(27)26-15(3)23(28)29)12-25-24(30)31-13-21-18-10-6-4-8-16(18)17-9-5-7-11-19(17)21/h4-11,14-15,20-21H,12-13H2,1-3H3,(H,25,30)(H,26,27)(H,28,29)/t15-,20?/m0/s1. The molecular formula is C24H28N2O5. The number of carbonyl (C=O) groups excluding carboxylic acids is 2. The summed E-state index contributed by atoms with van der Waals surface area (Å²) in [5.41, 5.74) is 4.55. The van der Waals surface area contributed by atoms with Crippen LogP contribution < -0.4 is 10.6 Å². The molecule has 1 aliphatic rings. The van der Waals surface area contributed by atoms with Gasteiger partial charge in [-0.25, -0.2) is 4.79 Å². The van der Waals surface area contributed by atoms with Gasteiger partial charge in [0.2, 0.25) is 5.91 Å². The first-order valence-corrected chi connectivity index (χ1v) is 10.4. The molecular weight excluding hydrogens is 396 g/mol. The Balaban J connectivity index is 1.59. The summed E-state index contributed by atoms with van der Waals surface area (Å²) in [5, 5.41) is 14.1. The molecule has 0 heterocycles. The Bertz CT molecular complexity index is 926. The number of nitrogens with one attached hydrogen (secondary N) is 2. The van der Waals surface area contributed by atoms with Crippen molar-refractivity contribution in [2.45, 2.75) is 32.7 Å². The van der Waals surface area contributed by atoms with E-state index in [1.165, 1.54) is 6.92 Å². The molecule has 2 amide bonds. The molecule has 164 valence electrons. The maximum absolute atomic E-state index is 12.4. The average molecular weight is 424 g/mol. The molecule has 2 atom stereocenters. The Morgan fingerprint density at radius 2 is 1.52 bits per heavy atom. The van der Waals surface area contributed by atoms with Crippen molar-refractivity contribution in [3.8, 4) is 11.1 Å². The second kappa shape index (κ2) is 9.64. The van der Waals surface area contributed by atoms with Crippen molar-refractivity contribution in [3.05, 3.63) is 59.7 Å². The highest BCUT2D eigenvalue weighted by atomic mass is 16.5. The third kappa shape index (κ3) is 5.05. The van der Waals surface area contributed by atoms with Crippen molar-refractivity contribution in [2.75, 3.05) is 13.2 Å². The van der Waals surface area contributed by atoms with Gasteiger partial charge in [0.25, 0.3) is 0 Å². The van der Waals surface area contributed by atoms with Crippen LogP contribution >= 0.6 is 0 Å². The Labute approximate surface area is 181 Å². The number of carboxylic acids is 1. The third-order valence-corrected chi connectivity index (χ3v) is 5.68. The van der Waals surface area contributed by atoms with Gasteiger partial charge < -0.3 is 20.5 Å². The lowest BCUT2D eigenvalue weighted by molar-refractivity contribution is -0.142. The number of alkyl carbamates (subject to hydrolysis) is 1. The molecule has 0 saturated heterocycles. The highest BCUT2D eigenvalue weighted by Gasteiger charge is 2.30. The predicted octanol–water partition coefficient (Wildman–Crippen LogP) is 3.39. The summed E-state index contributed by atoms with van der Waals surface area (Å²) in [4.78, 5) is 35.7. The fourth-order valence-corrected chi connectivity index (χ4v) is 3.86. The van der Waals surface area contributed by atoms with Crippen molar-refractivity contribution in [2.24, 2.45) is 11.8 Å². The Kier molecular flexibility index (Phi) is 6.95. The van der Waals surface area contributed by atoms with Gasteiger partial charge in [-0.3, -0.25) is 9.59 Å². The highest BCUT2D eigenvalue weighted by Crippen LogP contribution is 2.44. The van der Waals surface area contributed by atoms with E-state index in [4.69, 9.17) is 9.84 Å². The normalized spacial score (nSPS) is 14.3. The third-order valence-electron chi connectivity index (χ3n) is 5.68. The Hall–Kier alpha value is -3.35. The molecule has 0 bridgehead atoms. The number of rotatable bonds is 8. The fourth-order valence-electron chi connectivity index (χ4n) is 3.86. The van der Waals surface area contributed by atoms with Crippen LogP contribution in [0.3, 0.4) is 0 Å². The van der Waals surface area contributed by atoms with Gasteiger partial charge in [0.1, 0.15) is 12.6 Å². The minimum absolute atomic E-state index is 0.0428. The minimum atomic E-state index is -1.11. The van der Waals surface area contributed by atoms with Crippen LogP contribution in [0, 0.1) is 11.8 Å². The van der Waals surface area contributed by atoms with Crippen molar-refractivity contribution < 1.29 is 24.2 Å². The summed E-state index contributed by atoms with van der Waals surface area (Å²) in [6, 6.07) is 15.2.